The molecule has 1 unspecified atom stereocenters. The Kier molecular flexibility index (Phi) is 5.11. The van der Waals surface area contributed by atoms with Crippen molar-refractivity contribution in [2.45, 2.75) is 39.3 Å². The third-order valence-corrected chi connectivity index (χ3v) is 7.03. The van der Waals surface area contributed by atoms with E-state index in [9.17, 15) is 4.79 Å². The molecule has 2 saturated heterocycles. The summed E-state index contributed by atoms with van der Waals surface area (Å²) in [4.78, 5) is 27.4. The third kappa shape index (κ3) is 3.56. The topological polar surface area (TPSA) is 80.3 Å². The van der Waals surface area contributed by atoms with Gasteiger partial charge in [0.05, 0.1) is 53.7 Å². The van der Waals surface area contributed by atoms with Crippen molar-refractivity contribution in [3.05, 3.63) is 58.4 Å². The van der Waals surface area contributed by atoms with Gasteiger partial charge >= 0.3 is 0 Å². The highest BCUT2D eigenvalue weighted by molar-refractivity contribution is 5.66. The lowest BCUT2D eigenvalue weighted by molar-refractivity contribution is -0.0792. The van der Waals surface area contributed by atoms with E-state index in [4.69, 9.17) is 9.72 Å². The van der Waals surface area contributed by atoms with Crippen LogP contribution in [0.2, 0.25) is 0 Å². The van der Waals surface area contributed by atoms with Crippen molar-refractivity contribution in [2.75, 3.05) is 37.7 Å². The smallest absolute Gasteiger partial charge is 0.258 e. The highest BCUT2D eigenvalue weighted by atomic mass is 16.5. The second kappa shape index (κ2) is 8.18. The summed E-state index contributed by atoms with van der Waals surface area (Å²) in [5.74, 6) is 0. The molecule has 4 aromatic heterocycles. The van der Waals surface area contributed by atoms with Gasteiger partial charge in [-0.15, -0.1) is 0 Å². The zero-order chi connectivity index (χ0) is 23.4. The SMILES string of the molecule is CCc1nc(C)cn2nc(-c3cc(=O)n4cc(N5CCN(C6COC6)C(C)C5)ccc4n3)cc12. The summed E-state index contributed by atoms with van der Waals surface area (Å²) in [7, 11) is 0. The zero-order valence-corrected chi connectivity index (χ0v) is 19.8. The minimum absolute atomic E-state index is 0.109. The van der Waals surface area contributed by atoms with E-state index in [1.54, 1.807) is 10.5 Å². The van der Waals surface area contributed by atoms with Crippen LogP contribution in [0.4, 0.5) is 5.69 Å². The van der Waals surface area contributed by atoms with E-state index < -0.39 is 0 Å². The molecule has 9 nitrogen and oxygen atoms in total. The van der Waals surface area contributed by atoms with E-state index in [0.717, 1.165) is 61.9 Å². The quantitative estimate of drug-likeness (QED) is 0.463. The third-order valence-electron chi connectivity index (χ3n) is 7.03. The highest BCUT2D eigenvalue weighted by Crippen LogP contribution is 2.24. The first kappa shape index (κ1) is 21.2. The molecule has 4 aromatic rings. The van der Waals surface area contributed by atoms with Crippen LogP contribution in [0.1, 0.15) is 25.2 Å². The monoisotopic (exact) mass is 459 g/mol. The molecule has 34 heavy (non-hydrogen) atoms. The van der Waals surface area contributed by atoms with Crippen molar-refractivity contribution < 1.29 is 4.74 Å². The molecule has 2 aliphatic rings. The molecule has 0 radical (unpaired) electrons. The van der Waals surface area contributed by atoms with Crippen LogP contribution < -0.4 is 10.5 Å². The van der Waals surface area contributed by atoms with Crippen molar-refractivity contribution in [1.29, 1.82) is 0 Å². The van der Waals surface area contributed by atoms with Gasteiger partial charge in [-0.25, -0.2) is 9.50 Å². The van der Waals surface area contributed by atoms with Crippen LogP contribution in [0.3, 0.4) is 0 Å². The van der Waals surface area contributed by atoms with Crippen molar-refractivity contribution >= 4 is 16.9 Å². The first-order chi connectivity index (χ1) is 16.5. The number of ether oxygens (including phenoxy) is 1. The summed E-state index contributed by atoms with van der Waals surface area (Å²) in [6, 6.07) is 8.51. The Hall–Kier alpha value is -3.30. The molecule has 176 valence electrons. The molecule has 0 spiro atoms. The van der Waals surface area contributed by atoms with Crippen LogP contribution in [-0.2, 0) is 11.2 Å². The average molecular weight is 460 g/mol. The number of piperazine rings is 1. The number of nitrogens with zero attached hydrogens (tertiary/aromatic N) is 7. The lowest BCUT2D eigenvalue weighted by Crippen LogP contribution is -2.60. The van der Waals surface area contributed by atoms with Gasteiger partial charge in [0, 0.05) is 37.9 Å². The number of anilines is 1. The number of hydrogen-bond acceptors (Lipinski definition) is 7. The van der Waals surface area contributed by atoms with Gasteiger partial charge in [-0.3, -0.25) is 19.1 Å². The number of hydrogen-bond donors (Lipinski definition) is 0. The normalized spacial score (nSPS) is 19.7. The average Bonchev–Trinajstić information content (AvgIpc) is 3.22. The maximum atomic E-state index is 13.1. The van der Waals surface area contributed by atoms with Crippen LogP contribution in [0.15, 0.2) is 41.5 Å². The Bertz CT molecular complexity index is 1440. The molecule has 6 heterocycles. The highest BCUT2D eigenvalue weighted by Gasteiger charge is 2.33. The van der Waals surface area contributed by atoms with E-state index in [-0.39, 0.29) is 5.56 Å². The number of pyridine rings is 1. The van der Waals surface area contributed by atoms with E-state index >= 15 is 0 Å². The van der Waals surface area contributed by atoms with Crippen molar-refractivity contribution in [1.82, 2.24) is 28.9 Å². The maximum absolute atomic E-state index is 13.1. The number of aromatic nitrogens is 5. The molecule has 2 aliphatic heterocycles. The minimum atomic E-state index is -0.109. The lowest BCUT2D eigenvalue weighted by atomic mass is 10.1. The van der Waals surface area contributed by atoms with Crippen LogP contribution >= 0.6 is 0 Å². The fourth-order valence-electron chi connectivity index (χ4n) is 5.14. The molecule has 6 rings (SSSR count). The Balaban J connectivity index is 1.31. The Morgan fingerprint density at radius 1 is 1.09 bits per heavy atom. The maximum Gasteiger partial charge on any atom is 0.258 e. The molecule has 0 aromatic carbocycles. The first-order valence-electron chi connectivity index (χ1n) is 12.0. The van der Waals surface area contributed by atoms with E-state index in [1.807, 2.05) is 36.0 Å². The Morgan fingerprint density at radius 2 is 1.94 bits per heavy atom. The van der Waals surface area contributed by atoms with E-state index in [1.165, 1.54) is 0 Å². The van der Waals surface area contributed by atoms with Crippen LogP contribution in [-0.4, -0.2) is 73.8 Å². The largest absolute Gasteiger partial charge is 0.378 e. The Morgan fingerprint density at radius 3 is 2.68 bits per heavy atom. The van der Waals surface area contributed by atoms with Gasteiger partial charge < -0.3 is 9.64 Å². The fourth-order valence-corrected chi connectivity index (χ4v) is 5.14. The standard InChI is InChI=1S/C25H29N7O2/c1-4-20-23-9-22(28-32(23)11-16(2)26-20)21-10-25(33)31-13-18(5-6-24(31)27-21)29-7-8-30(17(3)12-29)19-14-34-15-19/h5-6,9-11,13,17,19H,4,7-8,12,14-15H2,1-3H3. The minimum Gasteiger partial charge on any atom is -0.378 e. The van der Waals surface area contributed by atoms with Crippen LogP contribution in [0, 0.1) is 6.92 Å². The number of aryl methyl sites for hydroxylation is 2. The van der Waals surface area contributed by atoms with Gasteiger partial charge in [0.1, 0.15) is 11.3 Å². The van der Waals surface area contributed by atoms with Crippen LogP contribution in [0.5, 0.6) is 0 Å². The zero-order valence-electron chi connectivity index (χ0n) is 19.8. The van der Waals surface area contributed by atoms with E-state index in [0.29, 0.717) is 29.1 Å². The molecule has 0 N–H and O–H groups in total. The summed E-state index contributed by atoms with van der Waals surface area (Å²) < 4.78 is 8.84. The van der Waals surface area contributed by atoms with Crippen molar-refractivity contribution in [2.24, 2.45) is 0 Å². The number of fused-ring (bicyclic) bond motifs is 2. The van der Waals surface area contributed by atoms with Gasteiger partial charge in [-0.1, -0.05) is 6.92 Å². The molecule has 0 saturated carbocycles. The predicted octanol–water partition coefficient (Wildman–Crippen LogP) is 2.18. The summed E-state index contributed by atoms with van der Waals surface area (Å²) in [6.45, 7) is 10.8. The molecule has 0 aliphatic carbocycles. The van der Waals surface area contributed by atoms with E-state index in [2.05, 4.69) is 39.8 Å². The molecule has 9 heteroatoms. The van der Waals surface area contributed by atoms with Gasteiger partial charge in [-0.05, 0) is 38.5 Å². The molecular formula is C25H29N7O2. The summed E-state index contributed by atoms with van der Waals surface area (Å²) in [6.07, 6.45) is 4.63. The second-order valence-electron chi connectivity index (χ2n) is 9.36. The first-order valence-corrected chi connectivity index (χ1v) is 12.0. The molecule has 1 atom stereocenters. The summed E-state index contributed by atoms with van der Waals surface area (Å²) in [5, 5.41) is 4.68. The Labute approximate surface area is 197 Å². The molecular weight excluding hydrogens is 430 g/mol. The molecule has 2 fully saturated rings. The van der Waals surface area contributed by atoms with Gasteiger partial charge in [0.15, 0.2) is 0 Å². The van der Waals surface area contributed by atoms with Gasteiger partial charge in [0.2, 0.25) is 0 Å². The fraction of sp³-hybridized carbons (Fsp3) is 0.440. The second-order valence-corrected chi connectivity index (χ2v) is 9.36. The molecule has 0 bridgehead atoms. The molecule has 0 amide bonds. The van der Waals surface area contributed by atoms with Crippen molar-refractivity contribution in [3.63, 3.8) is 0 Å². The van der Waals surface area contributed by atoms with Gasteiger partial charge in [0.25, 0.3) is 5.56 Å². The van der Waals surface area contributed by atoms with Gasteiger partial charge in [-0.2, -0.15) is 5.10 Å². The number of rotatable bonds is 4. The summed E-state index contributed by atoms with van der Waals surface area (Å²) >= 11 is 0. The van der Waals surface area contributed by atoms with Crippen molar-refractivity contribution in [3.8, 4) is 11.4 Å². The lowest BCUT2D eigenvalue weighted by Gasteiger charge is -2.47. The van der Waals surface area contributed by atoms with Crippen LogP contribution in [0.25, 0.3) is 22.6 Å². The predicted molar refractivity (Wildman–Crippen MR) is 131 cm³/mol. The summed E-state index contributed by atoms with van der Waals surface area (Å²) in [5.41, 5.74) is 5.65.